The predicted molar refractivity (Wildman–Crippen MR) is 49.5 cm³/mol. The maximum atomic E-state index is 8.61. The van der Waals surface area contributed by atoms with Gasteiger partial charge in [-0.15, -0.1) is 0 Å². The third-order valence-corrected chi connectivity index (χ3v) is 1.60. The van der Waals surface area contributed by atoms with E-state index in [1.807, 2.05) is 36.5 Å². The average molecular weight is 174 g/mol. The standard InChI is InChI=1S/C9H10N4/c10-7-13(9(11)12)6-8-4-2-1-3-5-8/h1-5H,6H2,(H3,11,12). The fraction of sp³-hybridized carbons (Fsp3) is 0.111. The number of nitrogens with zero attached hydrogens (tertiary/aromatic N) is 2. The Morgan fingerprint density at radius 2 is 2.08 bits per heavy atom. The van der Waals surface area contributed by atoms with E-state index < -0.39 is 0 Å². The van der Waals surface area contributed by atoms with E-state index in [0.717, 1.165) is 10.5 Å². The quantitative estimate of drug-likeness (QED) is 0.302. The first-order valence-electron chi connectivity index (χ1n) is 3.79. The largest absolute Gasteiger partial charge is 0.369 e. The Kier molecular flexibility index (Phi) is 2.87. The van der Waals surface area contributed by atoms with Gasteiger partial charge in [-0.05, 0) is 5.56 Å². The Bertz CT molecular complexity index is 325. The second-order valence-electron chi connectivity index (χ2n) is 2.56. The Balaban J connectivity index is 2.69. The molecule has 0 amide bonds. The van der Waals surface area contributed by atoms with Crippen molar-refractivity contribution in [2.75, 3.05) is 0 Å². The van der Waals surface area contributed by atoms with Crippen molar-refractivity contribution in [1.82, 2.24) is 4.90 Å². The lowest BCUT2D eigenvalue weighted by Gasteiger charge is -2.12. The maximum Gasteiger partial charge on any atom is 0.202 e. The van der Waals surface area contributed by atoms with Gasteiger partial charge in [-0.1, -0.05) is 30.3 Å². The summed E-state index contributed by atoms with van der Waals surface area (Å²) in [5, 5.41) is 15.7. The summed E-state index contributed by atoms with van der Waals surface area (Å²) in [4.78, 5) is 1.12. The summed E-state index contributed by atoms with van der Waals surface area (Å²) in [7, 11) is 0. The van der Waals surface area contributed by atoms with E-state index in [0.29, 0.717) is 6.54 Å². The van der Waals surface area contributed by atoms with E-state index in [4.69, 9.17) is 16.4 Å². The molecular weight excluding hydrogens is 164 g/mol. The molecule has 0 atom stereocenters. The minimum absolute atomic E-state index is 0.230. The van der Waals surface area contributed by atoms with Gasteiger partial charge in [0.1, 0.15) is 0 Å². The lowest BCUT2D eigenvalue weighted by atomic mass is 10.2. The summed E-state index contributed by atoms with van der Waals surface area (Å²) in [6, 6.07) is 9.42. The molecule has 3 N–H and O–H groups in total. The zero-order valence-corrected chi connectivity index (χ0v) is 7.07. The summed E-state index contributed by atoms with van der Waals surface area (Å²) >= 11 is 0. The number of hydrogen-bond acceptors (Lipinski definition) is 2. The lowest BCUT2D eigenvalue weighted by Crippen LogP contribution is -2.31. The van der Waals surface area contributed by atoms with E-state index in [2.05, 4.69) is 0 Å². The Labute approximate surface area is 76.7 Å². The molecule has 13 heavy (non-hydrogen) atoms. The summed E-state index contributed by atoms with van der Waals surface area (Å²) in [5.41, 5.74) is 6.14. The highest BCUT2D eigenvalue weighted by molar-refractivity contribution is 5.76. The molecule has 4 nitrogen and oxygen atoms in total. The van der Waals surface area contributed by atoms with E-state index in [1.54, 1.807) is 0 Å². The SMILES string of the molecule is N#CN(Cc1ccccc1)C(=N)N. The number of guanidine groups is 1. The molecule has 0 fully saturated rings. The molecule has 1 rings (SSSR count). The minimum atomic E-state index is -0.230. The van der Waals surface area contributed by atoms with E-state index in [9.17, 15) is 0 Å². The van der Waals surface area contributed by atoms with Crippen LogP contribution in [0.15, 0.2) is 30.3 Å². The first-order valence-corrected chi connectivity index (χ1v) is 3.79. The minimum Gasteiger partial charge on any atom is -0.369 e. The summed E-state index contributed by atoms with van der Waals surface area (Å²) < 4.78 is 0. The molecule has 0 aliphatic heterocycles. The molecule has 0 saturated carbocycles. The lowest BCUT2D eigenvalue weighted by molar-refractivity contribution is 0.561. The highest BCUT2D eigenvalue weighted by Gasteiger charge is 2.04. The van der Waals surface area contributed by atoms with Crippen LogP contribution in [0.2, 0.25) is 0 Å². The molecule has 0 aromatic heterocycles. The molecule has 1 aromatic rings. The molecule has 0 aliphatic carbocycles. The van der Waals surface area contributed by atoms with E-state index in [-0.39, 0.29) is 5.96 Å². The van der Waals surface area contributed by atoms with Gasteiger partial charge in [-0.2, -0.15) is 5.26 Å². The summed E-state index contributed by atoms with van der Waals surface area (Å²) in [5.74, 6) is -0.230. The number of nitrogens with one attached hydrogen (secondary N) is 1. The van der Waals surface area contributed by atoms with Crippen molar-refractivity contribution in [2.24, 2.45) is 5.73 Å². The molecule has 0 radical (unpaired) electrons. The number of hydrogen-bond donors (Lipinski definition) is 2. The van der Waals surface area contributed by atoms with E-state index >= 15 is 0 Å². The third kappa shape index (κ3) is 2.49. The molecule has 1 aromatic carbocycles. The van der Waals surface area contributed by atoms with E-state index in [1.165, 1.54) is 0 Å². The van der Waals surface area contributed by atoms with Crippen molar-refractivity contribution < 1.29 is 0 Å². The molecule has 0 saturated heterocycles. The second-order valence-corrected chi connectivity index (χ2v) is 2.56. The van der Waals surface area contributed by atoms with Crippen LogP contribution in [0.25, 0.3) is 0 Å². The van der Waals surface area contributed by atoms with Gasteiger partial charge in [0.15, 0.2) is 6.19 Å². The van der Waals surface area contributed by atoms with Gasteiger partial charge in [0.05, 0.1) is 6.54 Å². The van der Waals surface area contributed by atoms with Gasteiger partial charge in [0.25, 0.3) is 0 Å². The van der Waals surface area contributed by atoms with Crippen LogP contribution in [0.4, 0.5) is 0 Å². The van der Waals surface area contributed by atoms with Crippen molar-refractivity contribution >= 4 is 5.96 Å². The topological polar surface area (TPSA) is 76.9 Å². The molecule has 0 spiro atoms. The summed E-state index contributed by atoms with van der Waals surface area (Å²) in [6.07, 6.45) is 1.83. The highest BCUT2D eigenvalue weighted by atomic mass is 15.2. The Morgan fingerprint density at radius 3 is 2.54 bits per heavy atom. The van der Waals surface area contributed by atoms with Crippen LogP contribution in [0, 0.1) is 16.9 Å². The van der Waals surface area contributed by atoms with Crippen LogP contribution in [-0.4, -0.2) is 10.9 Å². The fourth-order valence-electron chi connectivity index (χ4n) is 0.940. The number of benzene rings is 1. The van der Waals surface area contributed by atoms with Crippen LogP contribution in [0.5, 0.6) is 0 Å². The summed E-state index contributed by atoms with van der Waals surface area (Å²) in [6.45, 7) is 0.354. The van der Waals surface area contributed by atoms with Crippen molar-refractivity contribution in [1.29, 1.82) is 10.7 Å². The smallest absolute Gasteiger partial charge is 0.202 e. The fourth-order valence-corrected chi connectivity index (χ4v) is 0.940. The molecule has 0 aliphatic rings. The average Bonchev–Trinajstić information content (AvgIpc) is 2.15. The maximum absolute atomic E-state index is 8.61. The molecular formula is C9H10N4. The molecule has 4 heteroatoms. The highest BCUT2D eigenvalue weighted by Crippen LogP contribution is 2.02. The zero-order chi connectivity index (χ0) is 9.68. The van der Waals surface area contributed by atoms with Crippen LogP contribution < -0.4 is 5.73 Å². The second kappa shape index (κ2) is 4.12. The van der Waals surface area contributed by atoms with Crippen LogP contribution in [-0.2, 0) is 6.54 Å². The van der Waals surface area contributed by atoms with Crippen molar-refractivity contribution in [3.63, 3.8) is 0 Å². The number of nitrogens with two attached hydrogens (primary N) is 1. The van der Waals surface area contributed by atoms with Crippen molar-refractivity contribution in [3.05, 3.63) is 35.9 Å². The van der Waals surface area contributed by atoms with Gasteiger partial charge in [-0.25, -0.2) is 4.90 Å². The normalized spacial score (nSPS) is 8.85. The third-order valence-electron chi connectivity index (χ3n) is 1.60. The predicted octanol–water partition coefficient (Wildman–Crippen LogP) is 0.863. The Hall–Kier alpha value is -2.02. The van der Waals surface area contributed by atoms with Gasteiger partial charge < -0.3 is 5.73 Å². The van der Waals surface area contributed by atoms with Crippen molar-refractivity contribution in [2.45, 2.75) is 6.54 Å². The van der Waals surface area contributed by atoms with Gasteiger partial charge in [0.2, 0.25) is 5.96 Å². The van der Waals surface area contributed by atoms with Crippen LogP contribution in [0.3, 0.4) is 0 Å². The number of rotatable bonds is 2. The van der Waals surface area contributed by atoms with Gasteiger partial charge in [0, 0.05) is 0 Å². The van der Waals surface area contributed by atoms with Gasteiger partial charge >= 0.3 is 0 Å². The molecule has 0 heterocycles. The molecule has 66 valence electrons. The van der Waals surface area contributed by atoms with Crippen LogP contribution >= 0.6 is 0 Å². The molecule has 0 unspecified atom stereocenters. The molecule has 0 bridgehead atoms. The monoisotopic (exact) mass is 174 g/mol. The first kappa shape index (κ1) is 9.07. The first-order chi connectivity index (χ1) is 6.24. The zero-order valence-electron chi connectivity index (χ0n) is 7.07. The Morgan fingerprint density at radius 1 is 1.46 bits per heavy atom. The van der Waals surface area contributed by atoms with Crippen molar-refractivity contribution in [3.8, 4) is 6.19 Å². The number of nitriles is 1. The van der Waals surface area contributed by atoms with Crippen LogP contribution in [0.1, 0.15) is 5.56 Å². The van der Waals surface area contributed by atoms with Gasteiger partial charge in [-0.3, -0.25) is 5.41 Å².